The second-order valence-electron chi connectivity index (χ2n) is 3.52. The molecule has 0 rings (SSSR count). The van der Waals surface area contributed by atoms with Crippen LogP contribution in [0.1, 0.15) is 50.0 Å². The topological polar surface area (TPSA) is 119 Å². The van der Waals surface area contributed by atoms with Crippen molar-refractivity contribution in [2.45, 2.75) is 56.0 Å². The molecule has 3 atom stereocenters. The summed E-state index contributed by atoms with van der Waals surface area (Å²) in [7, 11) is -4.20. The Kier molecular flexibility index (Phi) is 23.7. The van der Waals surface area contributed by atoms with E-state index < -0.39 is 26.4 Å². The fourth-order valence-corrected chi connectivity index (χ4v) is 1.49. The van der Waals surface area contributed by atoms with Crippen molar-refractivity contribution >= 4 is 13.8 Å². The molecule has 0 amide bonds. The van der Waals surface area contributed by atoms with Gasteiger partial charge in [-0.25, -0.2) is 4.57 Å². The molecule has 7 nitrogen and oxygen atoms in total. The van der Waals surface area contributed by atoms with Crippen LogP contribution in [0.5, 0.6) is 0 Å². The van der Waals surface area contributed by atoms with Crippen molar-refractivity contribution in [3.63, 3.8) is 0 Å². The van der Waals surface area contributed by atoms with Crippen molar-refractivity contribution in [2.24, 2.45) is 11.7 Å². The van der Waals surface area contributed by atoms with Crippen molar-refractivity contribution in [3.8, 4) is 0 Å². The molecule has 128 valence electrons. The summed E-state index contributed by atoms with van der Waals surface area (Å²) in [6.07, 6.45) is 0.800. The second kappa shape index (κ2) is 14.9. The molecule has 0 aromatic heterocycles. The third kappa shape index (κ3) is 15.6. The molecule has 8 heteroatoms. The van der Waals surface area contributed by atoms with Gasteiger partial charge in [0.2, 0.25) is 0 Å². The van der Waals surface area contributed by atoms with Crippen LogP contribution in [0, 0.1) is 5.92 Å². The van der Waals surface area contributed by atoms with E-state index in [1.807, 2.05) is 13.8 Å². The SMILES string of the molecule is C.C.C.C.CC[C@H](C)COP(=O)(O)OCC(N)C(=O)O. The van der Waals surface area contributed by atoms with Crippen molar-refractivity contribution in [2.75, 3.05) is 13.2 Å². The maximum Gasteiger partial charge on any atom is 0.472 e. The standard InChI is InChI=1S/C8H18NO6P.4CH4/c1-3-6(2)4-14-16(12,13)15-5-7(9)8(10)11;;;;/h6-7H,3-5,9H2,1-2H3,(H,10,11)(H,12,13);4*1H4/t6-,7?;;;;/m0..../s1. The first-order valence-electron chi connectivity index (χ1n) is 4.88. The predicted molar refractivity (Wildman–Crippen MR) is 83.7 cm³/mol. The van der Waals surface area contributed by atoms with Crippen LogP contribution < -0.4 is 5.73 Å². The van der Waals surface area contributed by atoms with E-state index in [1.165, 1.54) is 0 Å². The molecule has 0 aromatic carbocycles. The lowest BCUT2D eigenvalue weighted by molar-refractivity contribution is -0.139. The highest BCUT2D eigenvalue weighted by atomic mass is 31.2. The Morgan fingerprint density at radius 3 is 1.95 bits per heavy atom. The smallest absolute Gasteiger partial charge is 0.472 e. The minimum atomic E-state index is -4.20. The predicted octanol–water partition coefficient (Wildman–Crippen LogP) is 3.12. The lowest BCUT2D eigenvalue weighted by atomic mass is 10.1. The number of carboxylic acid groups (broad SMARTS) is 1. The molecule has 0 aliphatic carbocycles. The molecule has 0 saturated carbocycles. The van der Waals surface area contributed by atoms with Gasteiger partial charge in [0.15, 0.2) is 0 Å². The first kappa shape index (κ1) is 31.8. The molecule has 0 aliphatic heterocycles. The second-order valence-corrected chi connectivity index (χ2v) is 4.97. The molecule has 0 spiro atoms. The van der Waals surface area contributed by atoms with Gasteiger partial charge in [-0.15, -0.1) is 0 Å². The number of aliphatic carboxylic acids is 1. The largest absolute Gasteiger partial charge is 0.480 e. The van der Waals surface area contributed by atoms with Gasteiger partial charge < -0.3 is 15.7 Å². The first-order valence-corrected chi connectivity index (χ1v) is 6.38. The van der Waals surface area contributed by atoms with E-state index in [0.29, 0.717) is 0 Å². The van der Waals surface area contributed by atoms with Crippen LogP contribution in [0.3, 0.4) is 0 Å². The van der Waals surface area contributed by atoms with Gasteiger partial charge in [-0.05, 0) is 5.92 Å². The van der Waals surface area contributed by atoms with Gasteiger partial charge in [-0.3, -0.25) is 13.8 Å². The number of carbonyl (C=O) groups is 1. The molecule has 0 bridgehead atoms. The molecule has 0 aliphatic rings. The average Bonchev–Trinajstić information content (AvgIpc) is 2.22. The minimum Gasteiger partial charge on any atom is -0.480 e. The molecule has 0 saturated heterocycles. The third-order valence-electron chi connectivity index (χ3n) is 1.95. The van der Waals surface area contributed by atoms with Crippen molar-refractivity contribution in [1.82, 2.24) is 0 Å². The Labute approximate surface area is 124 Å². The number of nitrogens with two attached hydrogens (primary N) is 1. The Morgan fingerprint density at radius 2 is 1.60 bits per heavy atom. The zero-order valence-corrected chi connectivity index (χ0v) is 10.2. The quantitative estimate of drug-likeness (QED) is 0.588. The molecule has 0 heterocycles. The van der Waals surface area contributed by atoms with Crippen molar-refractivity contribution in [1.29, 1.82) is 0 Å². The summed E-state index contributed by atoms with van der Waals surface area (Å²) in [5.74, 6) is -1.18. The van der Waals surface area contributed by atoms with Gasteiger partial charge in [-0.1, -0.05) is 50.0 Å². The number of phosphoric ester groups is 1. The van der Waals surface area contributed by atoms with Crippen LogP contribution in [-0.2, 0) is 18.4 Å². The molecule has 2 unspecified atom stereocenters. The van der Waals surface area contributed by atoms with Gasteiger partial charge in [0.25, 0.3) is 0 Å². The zero-order chi connectivity index (χ0) is 12.8. The summed E-state index contributed by atoms with van der Waals surface area (Å²) in [6, 6.07) is -1.34. The highest BCUT2D eigenvalue weighted by molar-refractivity contribution is 7.47. The number of carboxylic acids is 1. The van der Waals surface area contributed by atoms with Crippen LogP contribution in [-0.4, -0.2) is 35.2 Å². The van der Waals surface area contributed by atoms with Gasteiger partial charge in [0.05, 0.1) is 13.2 Å². The van der Waals surface area contributed by atoms with E-state index in [9.17, 15) is 9.36 Å². The fourth-order valence-electron chi connectivity index (χ4n) is 0.622. The van der Waals surface area contributed by atoms with Gasteiger partial charge in [0.1, 0.15) is 6.04 Å². The van der Waals surface area contributed by atoms with E-state index in [4.69, 9.17) is 15.7 Å². The third-order valence-corrected chi connectivity index (χ3v) is 2.90. The Hall–Kier alpha value is -0.460. The maximum atomic E-state index is 11.2. The van der Waals surface area contributed by atoms with Crippen molar-refractivity contribution in [3.05, 3.63) is 0 Å². The summed E-state index contributed by atoms with van der Waals surface area (Å²) in [5, 5.41) is 8.42. The van der Waals surface area contributed by atoms with Gasteiger partial charge in [-0.2, -0.15) is 0 Å². The van der Waals surface area contributed by atoms with E-state index in [2.05, 4.69) is 9.05 Å². The molecule has 0 radical (unpaired) electrons. The Morgan fingerprint density at radius 1 is 1.20 bits per heavy atom. The highest BCUT2D eigenvalue weighted by Crippen LogP contribution is 2.43. The van der Waals surface area contributed by atoms with Crippen LogP contribution in [0.25, 0.3) is 0 Å². The normalized spacial score (nSPS) is 15.0. The lowest BCUT2D eigenvalue weighted by Crippen LogP contribution is -2.34. The molecule has 0 fully saturated rings. The molecular weight excluding hydrogens is 285 g/mol. The van der Waals surface area contributed by atoms with Crippen LogP contribution in [0.15, 0.2) is 0 Å². The van der Waals surface area contributed by atoms with E-state index in [-0.39, 0.29) is 42.2 Å². The van der Waals surface area contributed by atoms with E-state index >= 15 is 0 Å². The fraction of sp³-hybridized carbons (Fsp3) is 0.917. The number of hydrogen-bond acceptors (Lipinski definition) is 5. The number of rotatable bonds is 8. The van der Waals surface area contributed by atoms with E-state index in [0.717, 1.165) is 6.42 Å². The Balaban J connectivity index is -0.000000187. The summed E-state index contributed by atoms with van der Waals surface area (Å²) in [4.78, 5) is 19.5. The van der Waals surface area contributed by atoms with Crippen LogP contribution in [0.4, 0.5) is 0 Å². The zero-order valence-electron chi connectivity index (χ0n) is 9.33. The summed E-state index contributed by atoms with van der Waals surface area (Å²) in [5.41, 5.74) is 5.09. The molecule has 20 heavy (non-hydrogen) atoms. The van der Waals surface area contributed by atoms with E-state index in [1.54, 1.807) is 0 Å². The van der Waals surface area contributed by atoms with Crippen LogP contribution >= 0.6 is 7.82 Å². The number of hydrogen-bond donors (Lipinski definition) is 3. The first-order chi connectivity index (χ1) is 7.28. The van der Waals surface area contributed by atoms with Gasteiger partial charge in [0, 0.05) is 0 Å². The van der Waals surface area contributed by atoms with Crippen molar-refractivity contribution < 1.29 is 28.4 Å². The summed E-state index contributed by atoms with van der Waals surface area (Å²) < 4.78 is 20.3. The lowest BCUT2D eigenvalue weighted by Gasteiger charge is -2.15. The summed E-state index contributed by atoms with van der Waals surface area (Å²) in [6.45, 7) is 3.27. The van der Waals surface area contributed by atoms with Crippen LogP contribution in [0.2, 0.25) is 0 Å². The highest BCUT2D eigenvalue weighted by Gasteiger charge is 2.24. The monoisotopic (exact) mass is 319 g/mol. The average molecular weight is 319 g/mol. The molecule has 4 N–H and O–H groups in total. The molecule has 0 aromatic rings. The van der Waals surface area contributed by atoms with Gasteiger partial charge >= 0.3 is 13.8 Å². The Bertz CT molecular complexity index is 275. The minimum absolute atomic E-state index is 0. The number of phosphoric acid groups is 1. The summed E-state index contributed by atoms with van der Waals surface area (Å²) >= 11 is 0. The molecular formula is C12H34NO6P. The maximum absolute atomic E-state index is 11.2.